The van der Waals surface area contributed by atoms with E-state index in [0.29, 0.717) is 0 Å². The standard InChI is InChI=1S/62W. The van der Waals surface area contributed by atoms with E-state index in [9.17, 15) is 0 Å². The van der Waals surface area contributed by atoms with E-state index in [-0.39, 0.29) is 1310 Å². The van der Waals surface area contributed by atoms with Gasteiger partial charge in [0.25, 0.3) is 0 Å². The molecular weight excluding hydrogens is 11400 g/mol. The molecule has 0 amide bonds. The van der Waals surface area contributed by atoms with E-state index in [1.54, 1.807) is 0 Å². The van der Waals surface area contributed by atoms with Crippen LogP contribution in [0, 0.1) is 0 Å². The van der Waals surface area contributed by atoms with Crippen molar-refractivity contribution in [3.63, 3.8) is 0 Å². The van der Waals surface area contributed by atoms with E-state index < -0.39 is 0 Å². The summed E-state index contributed by atoms with van der Waals surface area (Å²) >= 11 is 0. The Bertz CT molecular complexity index is 0. The molecule has 0 aliphatic heterocycles. The summed E-state index contributed by atoms with van der Waals surface area (Å²) in [7, 11) is 0. The maximum absolute atomic E-state index is 0. The summed E-state index contributed by atoms with van der Waals surface area (Å²) in [5.41, 5.74) is 0. The first-order valence-corrected chi connectivity index (χ1v) is 0. The van der Waals surface area contributed by atoms with E-state index in [4.69, 9.17) is 0 Å². The fraction of sp³-hybridized carbons (Fsp3) is 0. The van der Waals surface area contributed by atoms with Crippen LogP contribution in [0.1, 0.15) is 0 Å². The zero-order valence-electron chi connectivity index (χ0n) is 25.3. The van der Waals surface area contributed by atoms with Crippen LogP contribution in [0.25, 0.3) is 0 Å². The van der Waals surface area contributed by atoms with Crippen LogP contribution in [0.2, 0.25) is 0 Å². The maximum atomic E-state index is 0. The molecule has 0 nitrogen and oxygen atoms in total. The zero-order valence-corrected chi connectivity index (χ0v) is 207. The fourth-order valence-electron chi connectivity index (χ4n) is 0. The average Bonchev–Trinajstić information content (AvgIpc) is 0. The molecule has 0 radical (unpaired) electrons. The van der Waals surface area contributed by atoms with Crippen molar-refractivity contribution in [2.24, 2.45) is 0 Å². The van der Waals surface area contributed by atoms with Gasteiger partial charge >= 0.3 is 0 Å². The van der Waals surface area contributed by atoms with Gasteiger partial charge < -0.3 is 0 Å². The molecule has 0 aromatic rings. The Labute approximate surface area is 1270 Å². The van der Waals surface area contributed by atoms with Gasteiger partial charge in [-0.05, 0) is 0 Å². The predicted molar refractivity (Wildman–Crippen MR) is 0 cm³/mol. The fourth-order valence-corrected chi connectivity index (χ4v) is 0. The molecule has 0 saturated carbocycles. The van der Waals surface area contributed by atoms with E-state index >= 15 is 0 Å². The number of hydrogen-bond acceptors (Lipinski definition) is 0. The van der Waals surface area contributed by atoms with Crippen molar-refractivity contribution in [2.75, 3.05) is 0 Å². The first-order chi connectivity index (χ1) is 0. The molecule has 372 valence electrons. The Morgan fingerprint density at radius 1 is 0.0161 bits per heavy atom. The van der Waals surface area contributed by atoms with E-state index in [1.165, 1.54) is 0 Å². The maximum Gasteiger partial charge on any atom is 0 e. The quantitative estimate of drug-likeness (QED) is 0.317. The molecule has 0 aliphatic rings. The first kappa shape index (κ1) is 618. The Kier molecular flexibility index (Phi) is 5980. The minimum Gasteiger partial charge on any atom is 0 e. The van der Waals surface area contributed by atoms with Gasteiger partial charge in [0.15, 0.2) is 0 Å². The molecule has 0 bridgehead atoms. The summed E-state index contributed by atoms with van der Waals surface area (Å²) in [5, 5.41) is 0. The Morgan fingerprint density at radius 2 is 0.0161 bits per heavy atom. The van der Waals surface area contributed by atoms with Gasteiger partial charge in [-0.3, -0.25) is 0 Å². The summed E-state index contributed by atoms with van der Waals surface area (Å²) in [6.45, 7) is 0. The second-order valence-corrected chi connectivity index (χ2v) is 0. The van der Waals surface area contributed by atoms with Crippen LogP contribution < -0.4 is 0 Å². The second-order valence-electron chi connectivity index (χ2n) is 0. The predicted octanol–water partition coefficient (Wildman–Crippen LogP) is -0.155. The molecule has 0 spiro atoms. The van der Waals surface area contributed by atoms with Crippen molar-refractivity contribution in [1.82, 2.24) is 0 Å². The van der Waals surface area contributed by atoms with Gasteiger partial charge in [0.2, 0.25) is 0 Å². The number of hydrogen-bond donors (Lipinski definition) is 0. The van der Waals surface area contributed by atoms with Gasteiger partial charge in [-0.2, -0.15) is 0 Å². The molecule has 0 N–H and O–H groups in total. The van der Waals surface area contributed by atoms with Crippen LogP contribution >= 0.6 is 0 Å². The molecular formula is W62. The van der Waals surface area contributed by atoms with Gasteiger partial charge in [-0.15, -0.1) is 0 Å². The Morgan fingerprint density at radius 3 is 0.0161 bits per heavy atom. The van der Waals surface area contributed by atoms with Crippen LogP contribution in [0.15, 0.2) is 0 Å². The van der Waals surface area contributed by atoms with Crippen molar-refractivity contribution < 1.29 is 1310 Å². The molecule has 0 unspecified atom stereocenters. The van der Waals surface area contributed by atoms with Crippen molar-refractivity contribution in [3.8, 4) is 0 Å². The molecule has 0 fully saturated rings. The van der Waals surface area contributed by atoms with Gasteiger partial charge in [-0.1, -0.05) is 0 Å². The SMILES string of the molecule is [W].[W].[W].[W].[W].[W].[W].[W].[W].[W].[W].[W].[W].[W].[W].[W].[W].[W].[W].[W].[W].[W].[W].[W].[W].[W].[W].[W].[W].[W].[W].[W].[W].[W].[W].[W].[W].[W].[W].[W].[W].[W].[W].[W].[W].[W].[W].[W].[W].[W].[W].[W].[W].[W].[W].[W].[W].[W].[W].[W].[W].[W]. The van der Waals surface area contributed by atoms with Crippen LogP contribution in [-0.4, -0.2) is 0 Å². The van der Waals surface area contributed by atoms with Crippen molar-refractivity contribution in [3.05, 3.63) is 0 Å². The van der Waals surface area contributed by atoms with Crippen LogP contribution in [0.5, 0.6) is 0 Å². The zero-order chi connectivity index (χ0) is 0. The molecule has 0 aromatic carbocycles. The third kappa shape index (κ3) is 583. The topological polar surface area (TPSA) is 0 Å². The van der Waals surface area contributed by atoms with Gasteiger partial charge in [0, 0.05) is 1310 Å². The van der Waals surface area contributed by atoms with Crippen LogP contribution in [-0.2, 0) is 1310 Å². The Balaban J connectivity index is 0. The third-order valence-electron chi connectivity index (χ3n) is 0. The van der Waals surface area contributed by atoms with Crippen LogP contribution in [0.3, 0.4) is 0 Å². The molecule has 62 heteroatoms. The van der Waals surface area contributed by atoms with Gasteiger partial charge in [-0.25, -0.2) is 0 Å². The van der Waals surface area contributed by atoms with E-state index in [2.05, 4.69) is 0 Å². The normalized spacial score (nSPS) is 0. The minimum atomic E-state index is 0. The summed E-state index contributed by atoms with van der Waals surface area (Å²) in [5.74, 6) is 0. The summed E-state index contributed by atoms with van der Waals surface area (Å²) in [6.07, 6.45) is 0. The summed E-state index contributed by atoms with van der Waals surface area (Å²) < 4.78 is 0. The van der Waals surface area contributed by atoms with Crippen molar-refractivity contribution in [1.29, 1.82) is 0 Å². The van der Waals surface area contributed by atoms with Crippen LogP contribution in [0.4, 0.5) is 0 Å². The molecule has 62 heavy (non-hydrogen) atoms. The summed E-state index contributed by atoms with van der Waals surface area (Å²) in [4.78, 5) is 0. The minimum absolute atomic E-state index is 0. The Hall–Kier alpha value is 42.7. The van der Waals surface area contributed by atoms with Crippen molar-refractivity contribution in [2.45, 2.75) is 0 Å². The van der Waals surface area contributed by atoms with Gasteiger partial charge in [0.1, 0.15) is 0 Å². The van der Waals surface area contributed by atoms with Gasteiger partial charge in [0.05, 0.1) is 0 Å². The largest absolute Gasteiger partial charge is 0 e. The average molecular weight is 11400 g/mol. The molecule has 0 saturated heterocycles. The molecule has 0 aliphatic carbocycles. The number of rotatable bonds is 0. The van der Waals surface area contributed by atoms with E-state index in [1.807, 2.05) is 0 Å². The molecule has 0 heterocycles. The third-order valence-corrected chi connectivity index (χ3v) is 0. The second kappa shape index (κ2) is 600. The van der Waals surface area contributed by atoms with E-state index in [0.717, 1.165) is 0 Å². The summed E-state index contributed by atoms with van der Waals surface area (Å²) in [6, 6.07) is 0. The monoisotopic (exact) mass is 11400 g/mol. The smallest absolute Gasteiger partial charge is 0 e. The molecule has 0 atom stereocenters. The molecule has 0 aromatic heterocycles. The first-order valence-electron chi connectivity index (χ1n) is 0. The van der Waals surface area contributed by atoms with Crippen molar-refractivity contribution >= 4 is 0 Å². The molecule has 0 rings (SSSR count).